The van der Waals surface area contributed by atoms with Crippen LogP contribution in [-0.2, 0) is 18.2 Å². The molecule has 0 saturated carbocycles. The van der Waals surface area contributed by atoms with Gasteiger partial charge in [0.2, 0.25) is 11.8 Å². The predicted molar refractivity (Wildman–Crippen MR) is 131 cm³/mol. The van der Waals surface area contributed by atoms with E-state index in [1.54, 1.807) is 0 Å². The zero-order chi connectivity index (χ0) is 24.0. The Labute approximate surface area is 211 Å². The fraction of sp³-hybridized carbons (Fsp3) is 0.200. The van der Waals surface area contributed by atoms with Crippen LogP contribution in [0.3, 0.4) is 0 Å². The standard InChI is InChI=1S/C25H16Br2N2O5/c1-34-19-11-10-13(29(32)33)12-18(19)28-22(30)20-21(23(28)31)25(27)15-7-3-2-6-14(15)24(20,26)16-8-4-5-9-17(16)25/h2-12,20-21H,1H3/t20-,21+,24?,25?. The van der Waals surface area contributed by atoms with Crippen molar-refractivity contribution < 1.29 is 19.2 Å². The van der Waals surface area contributed by atoms with E-state index in [0.717, 1.165) is 27.2 Å². The number of non-ortho nitro benzene ring substituents is 1. The average molecular weight is 584 g/mol. The summed E-state index contributed by atoms with van der Waals surface area (Å²) in [7, 11) is 1.40. The zero-order valence-electron chi connectivity index (χ0n) is 17.7. The third-order valence-corrected chi connectivity index (χ3v) is 9.89. The molecule has 4 aliphatic rings. The summed E-state index contributed by atoms with van der Waals surface area (Å²) in [6, 6.07) is 19.5. The van der Waals surface area contributed by atoms with Crippen LogP contribution >= 0.6 is 31.9 Å². The number of nitro benzene ring substituents is 1. The Balaban J connectivity index is 1.63. The summed E-state index contributed by atoms with van der Waals surface area (Å²) in [5.74, 6) is -2.20. The van der Waals surface area contributed by atoms with Crippen molar-refractivity contribution in [2.24, 2.45) is 11.8 Å². The number of anilines is 1. The molecule has 1 heterocycles. The molecule has 0 unspecified atom stereocenters. The molecule has 0 N–H and O–H groups in total. The molecule has 3 aromatic carbocycles. The Hall–Kier alpha value is -3.04. The van der Waals surface area contributed by atoms with Gasteiger partial charge in [-0.2, -0.15) is 0 Å². The quantitative estimate of drug-likeness (QED) is 0.187. The number of hydrogen-bond donors (Lipinski definition) is 0. The summed E-state index contributed by atoms with van der Waals surface area (Å²) in [5, 5.41) is 11.5. The van der Waals surface area contributed by atoms with Gasteiger partial charge in [0.25, 0.3) is 5.69 Å². The monoisotopic (exact) mass is 582 g/mol. The molecule has 34 heavy (non-hydrogen) atoms. The van der Waals surface area contributed by atoms with E-state index in [2.05, 4.69) is 31.9 Å². The minimum absolute atomic E-state index is 0.0702. The molecule has 1 saturated heterocycles. The number of ether oxygens (including phenoxy) is 1. The molecule has 7 rings (SSSR count). The van der Waals surface area contributed by atoms with Gasteiger partial charge in [-0.3, -0.25) is 19.7 Å². The number of benzene rings is 3. The number of alkyl halides is 2. The topological polar surface area (TPSA) is 89.8 Å². The van der Waals surface area contributed by atoms with Gasteiger partial charge in [-0.25, -0.2) is 4.90 Å². The largest absolute Gasteiger partial charge is 0.495 e. The minimum Gasteiger partial charge on any atom is -0.495 e. The summed E-state index contributed by atoms with van der Waals surface area (Å²) >= 11 is 7.89. The van der Waals surface area contributed by atoms with Crippen molar-refractivity contribution in [1.29, 1.82) is 0 Å². The fourth-order valence-electron chi connectivity index (χ4n) is 5.87. The first-order chi connectivity index (χ1) is 16.3. The van der Waals surface area contributed by atoms with Crippen LogP contribution in [0, 0.1) is 22.0 Å². The third kappa shape index (κ3) is 2.36. The Morgan fingerprint density at radius 1 is 0.853 bits per heavy atom. The van der Waals surface area contributed by atoms with Crippen molar-refractivity contribution >= 4 is 55.0 Å². The normalized spacial score (nSPS) is 28.4. The predicted octanol–water partition coefficient (Wildman–Crippen LogP) is 5.01. The van der Waals surface area contributed by atoms with Gasteiger partial charge in [-0.1, -0.05) is 80.4 Å². The molecule has 1 aliphatic heterocycles. The fourth-order valence-corrected chi connectivity index (χ4v) is 8.17. The van der Waals surface area contributed by atoms with E-state index in [1.807, 2.05) is 48.5 Å². The lowest BCUT2D eigenvalue weighted by Gasteiger charge is -2.55. The first-order valence-corrected chi connectivity index (χ1v) is 12.1. The van der Waals surface area contributed by atoms with Crippen molar-refractivity contribution in [2.45, 2.75) is 8.65 Å². The van der Waals surface area contributed by atoms with Crippen LogP contribution in [-0.4, -0.2) is 23.8 Å². The number of methoxy groups -OCH3 is 1. The van der Waals surface area contributed by atoms with Gasteiger partial charge >= 0.3 is 0 Å². The second kappa shape index (κ2) is 6.99. The van der Waals surface area contributed by atoms with Crippen LogP contribution in [0.5, 0.6) is 5.75 Å². The Bertz CT molecular complexity index is 1320. The minimum atomic E-state index is -0.935. The Kier molecular flexibility index (Phi) is 4.42. The molecule has 2 atom stereocenters. The smallest absolute Gasteiger partial charge is 0.271 e. The highest BCUT2D eigenvalue weighted by Crippen LogP contribution is 2.71. The van der Waals surface area contributed by atoms with Crippen molar-refractivity contribution in [3.8, 4) is 5.75 Å². The molecule has 7 nitrogen and oxygen atoms in total. The molecule has 170 valence electrons. The van der Waals surface area contributed by atoms with Gasteiger partial charge in [0, 0.05) is 12.1 Å². The maximum atomic E-state index is 14.1. The summed E-state index contributed by atoms with van der Waals surface area (Å²) in [5.41, 5.74) is 3.51. The SMILES string of the molecule is COc1ccc([N+](=O)[O-])cc1N1C(=O)[C@@H]2[C@H](C1=O)C1(Br)c3ccccc3C2(Br)c2ccccc21. The summed E-state index contributed by atoms with van der Waals surface area (Å²) in [4.78, 5) is 40.1. The second-order valence-electron chi connectivity index (χ2n) is 8.60. The van der Waals surface area contributed by atoms with E-state index in [1.165, 1.54) is 25.3 Å². The van der Waals surface area contributed by atoms with Crippen molar-refractivity contribution in [3.63, 3.8) is 0 Å². The van der Waals surface area contributed by atoms with E-state index >= 15 is 0 Å². The van der Waals surface area contributed by atoms with Gasteiger partial charge in [0.1, 0.15) is 11.4 Å². The van der Waals surface area contributed by atoms with Gasteiger partial charge in [-0.15, -0.1) is 0 Å². The summed E-state index contributed by atoms with van der Waals surface area (Å²) in [6.45, 7) is 0. The highest BCUT2D eigenvalue weighted by molar-refractivity contribution is 9.10. The van der Waals surface area contributed by atoms with Crippen molar-refractivity contribution in [2.75, 3.05) is 12.0 Å². The summed E-state index contributed by atoms with van der Waals surface area (Å²) in [6.07, 6.45) is 0. The number of imide groups is 1. The number of nitro groups is 1. The number of nitrogens with zero attached hydrogens (tertiary/aromatic N) is 2. The molecule has 0 aromatic heterocycles. The average Bonchev–Trinajstić information content (AvgIpc) is 3.13. The number of halogens is 2. The van der Waals surface area contributed by atoms with E-state index in [4.69, 9.17) is 4.74 Å². The molecule has 2 amide bonds. The van der Waals surface area contributed by atoms with Crippen molar-refractivity contribution in [3.05, 3.63) is 99.1 Å². The van der Waals surface area contributed by atoms with Crippen LogP contribution in [0.1, 0.15) is 22.3 Å². The van der Waals surface area contributed by atoms with Gasteiger partial charge in [0.15, 0.2) is 0 Å². The molecular formula is C25H16Br2N2O5. The molecule has 0 radical (unpaired) electrons. The van der Waals surface area contributed by atoms with Crippen LogP contribution in [0.15, 0.2) is 66.7 Å². The van der Waals surface area contributed by atoms with Crippen LogP contribution in [0.4, 0.5) is 11.4 Å². The zero-order valence-corrected chi connectivity index (χ0v) is 20.9. The second-order valence-corrected chi connectivity index (χ2v) is 11.1. The first kappa shape index (κ1) is 21.5. The number of carbonyl (C=O) groups excluding carboxylic acids is 2. The molecular weight excluding hydrogens is 568 g/mol. The molecule has 2 bridgehead atoms. The van der Waals surface area contributed by atoms with Crippen LogP contribution in [0.25, 0.3) is 0 Å². The van der Waals surface area contributed by atoms with E-state index < -0.39 is 37.2 Å². The van der Waals surface area contributed by atoms with E-state index in [-0.39, 0.29) is 17.1 Å². The Morgan fingerprint density at radius 3 is 1.68 bits per heavy atom. The van der Waals surface area contributed by atoms with Crippen LogP contribution < -0.4 is 9.64 Å². The lowest BCUT2D eigenvalue weighted by atomic mass is 9.54. The van der Waals surface area contributed by atoms with Gasteiger partial charge in [-0.05, 0) is 28.3 Å². The molecule has 3 aliphatic carbocycles. The van der Waals surface area contributed by atoms with Crippen LogP contribution in [0.2, 0.25) is 0 Å². The lowest BCUT2D eigenvalue weighted by molar-refractivity contribution is -0.384. The number of hydrogen-bond acceptors (Lipinski definition) is 5. The lowest BCUT2D eigenvalue weighted by Crippen LogP contribution is -2.56. The van der Waals surface area contributed by atoms with E-state index in [0.29, 0.717) is 0 Å². The maximum Gasteiger partial charge on any atom is 0.271 e. The molecule has 3 aromatic rings. The van der Waals surface area contributed by atoms with Gasteiger partial charge in [0.05, 0.1) is 32.5 Å². The molecule has 1 fully saturated rings. The molecule has 0 spiro atoms. The number of carbonyl (C=O) groups is 2. The number of rotatable bonds is 3. The first-order valence-electron chi connectivity index (χ1n) is 10.5. The maximum absolute atomic E-state index is 14.1. The third-order valence-electron chi connectivity index (χ3n) is 7.20. The molecule has 9 heteroatoms. The van der Waals surface area contributed by atoms with E-state index in [9.17, 15) is 19.7 Å². The summed E-state index contributed by atoms with van der Waals surface area (Å²) < 4.78 is 3.52. The Morgan fingerprint density at radius 2 is 1.29 bits per heavy atom. The van der Waals surface area contributed by atoms with Gasteiger partial charge < -0.3 is 4.74 Å². The van der Waals surface area contributed by atoms with Crippen molar-refractivity contribution in [1.82, 2.24) is 0 Å². The number of amides is 2. The highest BCUT2D eigenvalue weighted by Gasteiger charge is 2.72. The highest BCUT2D eigenvalue weighted by atomic mass is 79.9.